The van der Waals surface area contributed by atoms with Crippen molar-refractivity contribution in [3.05, 3.63) is 88.1 Å². The van der Waals surface area contributed by atoms with Gasteiger partial charge in [-0.2, -0.15) is 11.3 Å². The Kier molecular flexibility index (Phi) is 5.74. The molecular formula is C19H18FN3OS. The van der Waals surface area contributed by atoms with Crippen molar-refractivity contribution in [2.45, 2.75) is 19.6 Å². The first-order valence-corrected chi connectivity index (χ1v) is 8.83. The minimum Gasteiger partial charge on any atom is -0.334 e. The molecule has 0 aliphatic heterocycles. The highest BCUT2D eigenvalue weighted by Crippen LogP contribution is 2.12. The van der Waals surface area contributed by atoms with Gasteiger partial charge in [-0.15, -0.1) is 0 Å². The molecule has 0 fully saturated rings. The molecule has 0 bridgehead atoms. The van der Waals surface area contributed by atoms with Gasteiger partial charge in [-0.3, -0.25) is 4.98 Å². The number of amides is 2. The molecule has 3 aromatic rings. The van der Waals surface area contributed by atoms with Gasteiger partial charge >= 0.3 is 6.03 Å². The lowest BCUT2D eigenvalue weighted by molar-refractivity contribution is 0.191. The fraction of sp³-hybridized carbons (Fsp3) is 0.158. The van der Waals surface area contributed by atoms with E-state index in [1.165, 1.54) is 12.1 Å². The van der Waals surface area contributed by atoms with E-state index in [9.17, 15) is 9.18 Å². The van der Waals surface area contributed by atoms with Gasteiger partial charge < -0.3 is 10.2 Å². The Labute approximate surface area is 150 Å². The maximum Gasteiger partial charge on any atom is 0.318 e. The number of nitrogens with zero attached hydrogens (tertiary/aromatic N) is 2. The molecule has 2 heterocycles. The zero-order valence-electron chi connectivity index (χ0n) is 13.6. The summed E-state index contributed by atoms with van der Waals surface area (Å²) in [5, 5.41) is 6.91. The number of carbonyl (C=O) groups excluding carboxylic acids is 1. The van der Waals surface area contributed by atoms with Crippen LogP contribution in [-0.2, 0) is 19.6 Å². The quantitative estimate of drug-likeness (QED) is 0.720. The van der Waals surface area contributed by atoms with Gasteiger partial charge in [0, 0.05) is 19.3 Å². The predicted octanol–water partition coefficient (Wildman–Crippen LogP) is 4.19. The van der Waals surface area contributed by atoms with Crippen LogP contribution in [0.25, 0.3) is 0 Å². The number of nitrogens with one attached hydrogen (secondary N) is 1. The summed E-state index contributed by atoms with van der Waals surface area (Å²) in [6.45, 7) is 1.28. The van der Waals surface area contributed by atoms with E-state index in [0.29, 0.717) is 19.6 Å². The van der Waals surface area contributed by atoms with Crippen LogP contribution in [0.4, 0.5) is 9.18 Å². The van der Waals surface area contributed by atoms with Crippen LogP contribution in [0.2, 0.25) is 0 Å². The van der Waals surface area contributed by atoms with Crippen molar-refractivity contribution in [3.8, 4) is 0 Å². The minimum atomic E-state index is -0.288. The third kappa shape index (κ3) is 5.12. The summed E-state index contributed by atoms with van der Waals surface area (Å²) in [4.78, 5) is 18.6. The molecule has 0 spiro atoms. The van der Waals surface area contributed by atoms with Crippen molar-refractivity contribution in [1.82, 2.24) is 15.2 Å². The van der Waals surface area contributed by atoms with Gasteiger partial charge in [0.15, 0.2) is 0 Å². The average Bonchev–Trinajstić information content (AvgIpc) is 3.14. The van der Waals surface area contributed by atoms with Gasteiger partial charge in [0.25, 0.3) is 0 Å². The maximum atomic E-state index is 13.0. The third-order valence-electron chi connectivity index (χ3n) is 3.68. The molecule has 0 unspecified atom stereocenters. The lowest BCUT2D eigenvalue weighted by atomic mass is 10.2. The molecule has 4 nitrogen and oxygen atoms in total. The van der Waals surface area contributed by atoms with Crippen molar-refractivity contribution < 1.29 is 9.18 Å². The van der Waals surface area contributed by atoms with Crippen molar-refractivity contribution in [2.75, 3.05) is 0 Å². The second-order valence-corrected chi connectivity index (χ2v) is 6.37. The number of carbonyl (C=O) groups is 1. The SMILES string of the molecule is O=C(NCc1ccc(F)cc1)N(Cc1ccsc1)Cc1ccccn1. The lowest BCUT2D eigenvalue weighted by Crippen LogP contribution is -2.38. The first kappa shape index (κ1) is 17.1. The molecule has 6 heteroatoms. The smallest absolute Gasteiger partial charge is 0.318 e. The van der Waals surface area contributed by atoms with Crippen molar-refractivity contribution in [1.29, 1.82) is 0 Å². The van der Waals surface area contributed by atoms with Gasteiger partial charge in [-0.1, -0.05) is 18.2 Å². The highest BCUT2D eigenvalue weighted by Gasteiger charge is 2.15. The number of urea groups is 1. The largest absolute Gasteiger partial charge is 0.334 e. The molecule has 0 aliphatic carbocycles. The Morgan fingerprint density at radius 3 is 2.60 bits per heavy atom. The van der Waals surface area contributed by atoms with Crippen molar-refractivity contribution in [2.24, 2.45) is 0 Å². The first-order chi connectivity index (χ1) is 12.2. The molecule has 0 saturated heterocycles. The van der Waals surface area contributed by atoms with Crippen LogP contribution in [0, 0.1) is 5.82 Å². The Bertz CT molecular complexity index is 791. The minimum absolute atomic E-state index is 0.179. The van der Waals surface area contributed by atoms with Gasteiger partial charge in [-0.05, 0) is 52.2 Å². The number of hydrogen-bond donors (Lipinski definition) is 1. The van der Waals surface area contributed by atoms with E-state index >= 15 is 0 Å². The zero-order chi connectivity index (χ0) is 17.5. The van der Waals surface area contributed by atoms with E-state index < -0.39 is 0 Å². The second kappa shape index (κ2) is 8.39. The molecule has 25 heavy (non-hydrogen) atoms. The van der Waals surface area contributed by atoms with Gasteiger partial charge in [-0.25, -0.2) is 9.18 Å². The molecule has 128 valence electrons. The van der Waals surface area contributed by atoms with Gasteiger partial charge in [0.2, 0.25) is 0 Å². The summed E-state index contributed by atoms with van der Waals surface area (Å²) in [7, 11) is 0. The van der Waals surface area contributed by atoms with E-state index in [0.717, 1.165) is 16.8 Å². The standard InChI is InChI=1S/C19H18FN3OS/c20-17-6-4-15(5-7-17)11-22-19(24)23(12-16-8-10-25-14-16)13-18-3-1-2-9-21-18/h1-10,14H,11-13H2,(H,22,24). The highest BCUT2D eigenvalue weighted by atomic mass is 32.1. The molecule has 2 amide bonds. The topological polar surface area (TPSA) is 45.2 Å². The Balaban J connectivity index is 1.66. The van der Waals surface area contributed by atoms with Crippen LogP contribution in [0.3, 0.4) is 0 Å². The summed E-state index contributed by atoms with van der Waals surface area (Å²) >= 11 is 1.60. The number of halogens is 1. The summed E-state index contributed by atoms with van der Waals surface area (Å²) in [6, 6.07) is 13.6. The number of hydrogen-bond acceptors (Lipinski definition) is 3. The van der Waals surface area contributed by atoms with E-state index in [2.05, 4.69) is 10.3 Å². The van der Waals surface area contributed by atoms with Crippen LogP contribution in [0.1, 0.15) is 16.8 Å². The van der Waals surface area contributed by atoms with Gasteiger partial charge in [0.05, 0.1) is 12.2 Å². The molecular weight excluding hydrogens is 337 g/mol. The number of thiophene rings is 1. The summed E-state index contributed by atoms with van der Waals surface area (Å²) in [5.41, 5.74) is 2.76. The van der Waals surface area contributed by atoms with Crippen LogP contribution in [0.5, 0.6) is 0 Å². The monoisotopic (exact) mass is 355 g/mol. The Morgan fingerprint density at radius 2 is 1.92 bits per heavy atom. The molecule has 0 atom stereocenters. The van der Waals surface area contributed by atoms with Crippen LogP contribution in [0.15, 0.2) is 65.5 Å². The zero-order valence-corrected chi connectivity index (χ0v) is 14.4. The number of aromatic nitrogens is 1. The van der Waals surface area contributed by atoms with Crippen molar-refractivity contribution >= 4 is 17.4 Å². The van der Waals surface area contributed by atoms with Crippen LogP contribution in [-0.4, -0.2) is 15.9 Å². The number of pyridine rings is 1. The number of benzene rings is 1. The fourth-order valence-electron chi connectivity index (χ4n) is 2.38. The van der Waals surface area contributed by atoms with E-state index in [1.54, 1.807) is 34.6 Å². The van der Waals surface area contributed by atoms with E-state index in [-0.39, 0.29) is 11.8 Å². The average molecular weight is 355 g/mol. The molecule has 3 rings (SSSR count). The van der Waals surface area contributed by atoms with E-state index in [1.807, 2.05) is 35.0 Å². The third-order valence-corrected chi connectivity index (χ3v) is 4.41. The molecule has 0 aliphatic rings. The van der Waals surface area contributed by atoms with Crippen LogP contribution < -0.4 is 5.32 Å². The number of rotatable bonds is 6. The molecule has 1 N–H and O–H groups in total. The van der Waals surface area contributed by atoms with E-state index in [4.69, 9.17) is 0 Å². The summed E-state index contributed by atoms with van der Waals surface area (Å²) in [6.07, 6.45) is 1.72. The fourth-order valence-corrected chi connectivity index (χ4v) is 3.04. The second-order valence-electron chi connectivity index (χ2n) is 5.59. The lowest BCUT2D eigenvalue weighted by Gasteiger charge is -2.22. The molecule has 0 saturated carbocycles. The Hall–Kier alpha value is -2.73. The highest BCUT2D eigenvalue weighted by molar-refractivity contribution is 7.07. The van der Waals surface area contributed by atoms with Crippen LogP contribution >= 0.6 is 11.3 Å². The molecule has 1 aromatic carbocycles. The molecule has 2 aromatic heterocycles. The predicted molar refractivity (Wildman–Crippen MR) is 96.4 cm³/mol. The summed E-state index contributed by atoms with van der Waals surface area (Å²) in [5.74, 6) is -0.288. The van der Waals surface area contributed by atoms with Gasteiger partial charge in [0.1, 0.15) is 5.82 Å². The summed E-state index contributed by atoms with van der Waals surface area (Å²) < 4.78 is 13.0. The van der Waals surface area contributed by atoms with Crippen molar-refractivity contribution in [3.63, 3.8) is 0 Å². The molecule has 0 radical (unpaired) electrons. The first-order valence-electron chi connectivity index (χ1n) is 7.89. The normalized spacial score (nSPS) is 10.4. The maximum absolute atomic E-state index is 13.0. The Morgan fingerprint density at radius 1 is 1.08 bits per heavy atom.